The number of nitrogens with zero attached hydrogens (tertiary/aromatic N) is 5. The molecule has 1 aliphatic heterocycles. The van der Waals surface area contributed by atoms with Gasteiger partial charge in [0.05, 0.1) is 18.7 Å². The van der Waals surface area contributed by atoms with Gasteiger partial charge < -0.3 is 10.1 Å². The van der Waals surface area contributed by atoms with Crippen LogP contribution in [-0.4, -0.2) is 55.4 Å². The summed E-state index contributed by atoms with van der Waals surface area (Å²) in [4.78, 5) is 36.2. The first-order valence-electron chi connectivity index (χ1n) is 9.92. The lowest BCUT2D eigenvalue weighted by Gasteiger charge is -2.36. The third-order valence-corrected chi connectivity index (χ3v) is 6.11. The Bertz CT molecular complexity index is 1140. The molecular weight excluding hydrogens is 416 g/mol. The molecule has 5 rings (SSSR count). The van der Waals surface area contributed by atoms with Gasteiger partial charge in [-0.1, -0.05) is 42.1 Å². The number of hydrogen-bond donors (Lipinski definition) is 1. The number of esters is 1. The van der Waals surface area contributed by atoms with Crippen LogP contribution in [0.4, 0.5) is 4.79 Å². The minimum Gasteiger partial charge on any atom is -0.466 e. The predicted octanol–water partition coefficient (Wildman–Crippen LogP) is 2.57. The van der Waals surface area contributed by atoms with Crippen LogP contribution in [0.25, 0.3) is 5.78 Å². The zero-order chi connectivity index (χ0) is 21.4. The molecule has 1 N–H and O–H groups in total. The molecule has 0 bridgehead atoms. The number of carbonyl (C=O) groups excluding carboxylic acids is 2. The summed E-state index contributed by atoms with van der Waals surface area (Å²) in [5.41, 5.74) is 1.91. The average molecular weight is 436 g/mol. The minimum atomic E-state index is -0.581. The monoisotopic (exact) mass is 436 g/mol. The fraction of sp³-hybridized carbons (Fsp3) is 0.286. The summed E-state index contributed by atoms with van der Waals surface area (Å²) in [6, 6.07) is 10.5. The van der Waals surface area contributed by atoms with E-state index in [1.807, 2.05) is 30.3 Å². The molecule has 2 aromatic heterocycles. The number of thioether (sulfide) groups is 1. The van der Waals surface area contributed by atoms with Gasteiger partial charge in [0.25, 0.3) is 5.78 Å². The first-order chi connectivity index (χ1) is 15.2. The van der Waals surface area contributed by atoms with Gasteiger partial charge in [0.15, 0.2) is 0 Å². The van der Waals surface area contributed by atoms with Crippen LogP contribution in [0.3, 0.4) is 0 Å². The van der Waals surface area contributed by atoms with E-state index >= 15 is 0 Å². The van der Waals surface area contributed by atoms with E-state index in [-0.39, 0.29) is 12.1 Å². The van der Waals surface area contributed by atoms with Crippen molar-refractivity contribution in [1.29, 1.82) is 0 Å². The van der Waals surface area contributed by atoms with Crippen LogP contribution < -0.4 is 5.32 Å². The predicted molar refractivity (Wildman–Crippen MR) is 113 cm³/mol. The van der Waals surface area contributed by atoms with Crippen LogP contribution in [0, 0.1) is 0 Å². The number of ether oxygens (including phenoxy) is 1. The van der Waals surface area contributed by atoms with E-state index in [1.165, 1.54) is 18.9 Å². The molecule has 158 valence electrons. The van der Waals surface area contributed by atoms with Gasteiger partial charge in [-0.3, -0.25) is 4.90 Å². The third kappa shape index (κ3) is 3.74. The molecular formula is C21H20N6O3S. The highest BCUT2D eigenvalue weighted by Gasteiger charge is 2.44. The zero-order valence-electron chi connectivity index (χ0n) is 16.8. The van der Waals surface area contributed by atoms with Crippen molar-refractivity contribution < 1.29 is 14.3 Å². The summed E-state index contributed by atoms with van der Waals surface area (Å²) in [5.74, 6) is 0.392. The molecule has 31 heavy (non-hydrogen) atoms. The molecule has 1 aromatic carbocycles. The maximum absolute atomic E-state index is 13.1. The Labute approximate surface area is 182 Å². The molecule has 1 atom stereocenters. The molecule has 2 aliphatic rings. The molecule has 9 nitrogen and oxygen atoms in total. The average Bonchev–Trinajstić information content (AvgIpc) is 3.55. The summed E-state index contributed by atoms with van der Waals surface area (Å²) in [6.45, 7) is 0. The smallest absolute Gasteiger partial charge is 0.338 e. The Morgan fingerprint density at radius 2 is 2.06 bits per heavy atom. The standard InChI is InChI=1S/C21H20N6O3S/c1-30-18(28)16-15(12-31-20-24-19-22-10-5-11-26(19)25-20)27(14-8-9-14)21(29)23-17(16)13-6-3-2-4-7-13/h2-7,10-11,14,17H,8-9,12H2,1H3,(H,23,29)/t17-/m0/s1. The molecule has 0 spiro atoms. The Balaban J connectivity index is 1.55. The number of methoxy groups -OCH3 is 1. The molecule has 1 aliphatic carbocycles. The summed E-state index contributed by atoms with van der Waals surface area (Å²) in [5, 5.41) is 7.93. The van der Waals surface area contributed by atoms with E-state index < -0.39 is 12.0 Å². The van der Waals surface area contributed by atoms with Crippen LogP contribution in [0.5, 0.6) is 0 Å². The summed E-state index contributed by atoms with van der Waals surface area (Å²) >= 11 is 1.36. The fourth-order valence-electron chi connectivity index (χ4n) is 3.70. The molecule has 0 radical (unpaired) electrons. The largest absolute Gasteiger partial charge is 0.466 e. The van der Waals surface area contributed by atoms with E-state index in [2.05, 4.69) is 20.4 Å². The lowest BCUT2D eigenvalue weighted by Crippen LogP contribution is -2.50. The van der Waals surface area contributed by atoms with Crippen molar-refractivity contribution in [3.05, 3.63) is 65.6 Å². The Kier molecular flexibility index (Phi) is 5.06. The number of benzene rings is 1. The van der Waals surface area contributed by atoms with Crippen molar-refractivity contribution in [3.63, 3.8) is 0 Å². The van der Waals surface area contributed by atoms with Gasteiger partial charge in [0, 0.05) is 29.9 Å². The molecule has 2 amide bonds. The summed E-state index contributed by atoms with van der Waals surface area (Å²) < 4.78 is 6.72. The summed E-state index contributed by atoms with van der Waals surface area (Å²) in [7, 11) is 1.36. The van der Waals surface area contributed by atoms with Crippen LogP contribution in [0.15, 0.2) is 65.2 Å². The zero-order valence-corrected chi connectivity index (χ0v) is 17.6. The highest BCUT2D eigenvalue weighted by atomic mass is 32.2. The van der Waals surface area contributed by atoms with Crippen molar-refractivity contribution in [3.8, 4) is 0 Å². The van der Waals surface area contributed by atoms with E-state index in [0.717, 1.165) is 18.4 Å². The van der Waals surface area contributed by atoms with Crippen LogP contribution in [-0.2, 0) is 9.53 Å². The van der Waals surface area contributed by atoms with Crippen molar-refractivity contribution >= 4 is 29.5 Å². The maximum Gasteiger partial charge on any atom is 0.338 e. The molecule has 10 heteroatoms. The second kappa shape index (κ2) is 8.03. The van der Waals surface area contributed by atoms with Gasteiger partial charge in [0.1, 0.15) is 0 Å². The lowest BCUT2D eigenvalue weighted by atomic mass is 9.95. The van der Waals surface area contributed by atoms with Crippen molar-refractivity contribution in [1.82, 2.24) is 29.8 Å². The van der Waals surface area contributed by atoms with Gasteiger partial charge in [-0.15, -0.1) is 5.10 Å². The molecule has 3 aromatic rings. The van der Waals surface area contributed by atoms with Gasteiger partial charge >= 0.3 is 12.0 Å². The topological polar surface area (TPSA) is 102 Å². The van der Waals surface area contributed by atoms with Crippen LogP contribution in [0.2, 0.25) is 0 Å². The molecule has 0 unspecified atom stereocenters. The number of carbonyl (C=O) groups is 2. The van der Waals surface area contributed by atoms with E-state index in [0.29, 0.717) is 28.0 Å². The second-order valence-electron chi connectivity index (χ2n) is 7.29. The number of hydrogen-bond acceptors (Lipinski definition) is 7. The van der Waals surface area contributed by atoms with Crippen LogP contribution >= 0.6 is 11.8 Å². The highest BCUT2D eigenvalue weighted by molar-refractivity contribution is 7.99. The number of nitrogens with one attached hydrogen (secondary N) is 1. The van der Waals surface area contributed by atoms with Gasteiger partial charge in [-0.2, -0.15) is 4.98 Å². The number of urea groups is 1. The number of amides is 2. The lowest BCUT2D eigenvalue weighted by molar-refractivity contribution is -0.136. The first kappa shape index (κ1) is 19.6. The van der Waals surface area contributed by atoms with E-state index in [9.17, 15) is 9.59 Å². The van der Waals surface area contributed by atoms with Crippen molar-refractivity contribution in [2.45, 2.75) is 30.1 Å². The SMILES string of the molecule is COC(=O)C1=C(CSc2nc3ncccn3n2)N(C2CC2)C(=O)N[C@H]1c1ccccc1. The van der Waals surface area contributed by atoms with E-state index in [1.54, 1.807) is 27.9 Å². The quantitative estimate of drug-likeness (QED) is 0.468. The highest BCUT2D eigenvalue weighted by Crippen LogP contribution is 2.39. The second-order valence-corrected chi connectivity index (χ2v) is 8.24. The minimum absolute atomic E-state index is 0.0858. The Morgan fingerprint density at radius 1 is 1.26 bits per heavy atom. The maximum atomic E-state index is 13.1. The van der Waals surface area contributed by atoms with Crippen molar-refractivity contribution in [2.24, 2.45) is 0 Å². The molecule has 1 fully saturated rings. The summed E-state index contributed by atoms with van der Waals surface area (Å²) in [6.07, 6.45) is 5.24. The van der Waals surface area contributed by atoms with E-state index in [4.69, 9.17) is 4.74 Å². The fourth-order valence-corrected chi connectivity index (χ4v) is 4.55. The number of rotatable bonds is 6. The third-order valence-electron chi connectivity index (χ3n) is 5.26. The van der Waals surface area contributed by atoms with Gasteiger partial charge in [-0.05, 0) is 24.5 Å². The van der Waals surface area contributed by atoms with Gasteiger partial charge in [0.2, 0.25) is 5.16 Å². The first-order valence-corrected chi connectivity index (χ1v) is 10.9. The van der Waals surface area contributed by atoms with Gasteiger partial charge in [-0.25, -0.2) is 19.1 Å². The number of aromatic nitrogens is 4. The Hall–Kier alpha value is -3.40. The Morgan fingerprint density at radius 3 is 2.77 bits per heavy atom. The molecule has 0 saturated heterocycles. The van der Waals surface area contributed by atoms with Crippen molar-refractivity contribution in [2.75, 3.05) is 12.9 Å². The normalized spacial score (nSPS) is 18.9. The number of fused-ring (bicyclic) bond motifs is 1. The molecule has 3 heterocycles. The van der Waals surface area contributed by atoms with Crippen LogP contribution in [0.1, 0.15) is 24.4 Å². The molecule has 1 saturated carbocycles.